The highest BCUT2D eigenvalue weighted by atomic mass is 16.5. The molecule has 1 saturated heterocycles. The Labute approximate surface area is 172 Å². The summed E-state index contributed by atoms with van der Waals surface area (Å²) < 4.78 is 5.34. The SMILES string of the molecule is CCc1cccc2c(C(CC(=O)N3CCCCC3)c3ccc(OC)cc3)c[nH]c12. The molecule has 1 aliphatic rings. The first-order valence-corrected chi connectivity index (χ1v) is 10.7. The van der Waals surface area contributed by atoms with E-state index in [1.165, 1.54) is 28.5 Å². The van der Waals surface area contributed by atoms with Crippen LogP contribution < -0.4 is 4.74 Å². The van der Waals surface area contributed by atoms with Crippen molar-refractivity contribution in [3.63, 3.8) is 0 Å². The molecule has 0 spiro atoms. The van der Waals surface area contributed by atoms with Crippen molar-refractivity contribution < 1.29 is 9.53 Å². The molecular weight excluding hydrogens is 360 g/mol. The Balaban J connectivity index is 1.72. The number of para-hydroxylation sites is 1. The number of amides is 1. The molecule has 152 valence electrons. The van der Waals surface area contributed by atoms with Crippen LogP contribution in [0.25, 0.3) is 10.9 Å². The molecule has 29 heavy (non-hydrogen) atoms. The van der Waals surface area contributed by atoms with Gasteiger partial charge in [-0.05, 0) is 54.5 Å². The third-order valence-electron chi connectivity index (χ3n) is 6.20. The van der Waals surface area contributed by atoms with Gasteiger partial charge in [0.05, 0.1) is 7.11 Å². The highest BCUT2D eigenvalue weighted by Gasteiger charge is 2.25. The zero-order valence-corrected chi connectivity index (χ0v) is 17.4. The molecule has 4 nitrogen and oxygen atoms in total. The maximum Gasteiger partial charge on any atom is 0.223 e. The quantitative estimate of drug-likeness (QED) is 0.623. The lowest BCUT2D eigenvalue weighted by atomic mass is 9.87. The molecule has 3 aromatic rings. The van der Waals surface area contributed by atoms with Crippen molar-refractivity contribution in [2.24, 2.45) is 0 Å². The number of rotatable bonds is 6. The van der Waals surface area contributed by atoms with Crippen molar-refractivity contribution in [3.05, 3.63) is 65.4 Å². The number of aromatic amines is 1. The van der Waals surface area contributed by atoms with Crippen LogP contribution >= 0.6 is 0 Å². The summed E-state index contributed by atoms with van der Waals surface area (Å²) in [5, 5.41) is 1.22. The Kier molecular flexibility index (Phi) is 5.89. The lowest BCUT2D eigenvalue weighted by molar-refractivity contribution is -0.132. The predicted molar refractivity (Wildman–Crippen MR) is 118 cm³/mol. The Hall–Kier alpha value is -2.75. The summed E-state index contributed by atoms with van der Waals surface area (Å²) in [5.74, 6) is 1.12. The molecule has 1 N–H and O–H groups in total. The Morgan fingerprint density at radius 1 is 1.10 bits per heavy atom. The van der Waals surface area contributed by atoms with E-state index in [4.69, 9.17) is 4.74 Å². The monoisotopic (exact) mass is 390 g/mol. The number of piperidine rings is 1. The van der Waals surface area contributed by atoms with E-state index in [1.807, 2.05) is 17.0 Å². The molecule has 1 fully saturated rings. The van der Waals surface area contributed by atoms with Crippen LogP contribution in [0.2, 0.25) is 0 Å². The lowest BCUT2D eigenvalue weighted by Crippen LogP contribution is -2.36. The normalized spacial score (nSPS) is 15.4. The number of methoxy groups -OCH3 is 1. The van der Waals surface area contributed by atoms with E-state index in [1.54, 1.807) is 7.11 Å². The zero-order chi connectivity index (χ0) is 20.2. The fourth-order valence-corrected chi connectivity index (χ4v) is 4.51. The molecular formula is C25H30N2O2. The fourth-order valence-electron chi connectivity index (χ4n) is 4.51. The molecule has 0 radical (unpaired) electrons. The second kappa shape index (κ2) is 8.73. The predicted octanol–water partition coefficient (Wildman–Crippen LogP) is 5.27. The molecule has 1 unspecified atom stereocenters. The van der Waals surface area contributed by atoms with Crippen LogP contribution in [0.1, 0.15) is 55.2 Å². The number of hydrogen-bond donors (Lipinski definition) is 1. The van der Waals surface area contributed by atoms with Crippen LogP contribution in [-0.2, 0) is 11.2 Å². The number of nitrogens with one attached hydrogen (secondary N) is 1. The minimum Gasteiger partial charge on any atom is -0.497 e. The third kappa shape index (κ3) is 4.02. The van der Waals surface area contributed by atoms with Gasteiger partial charge < -0.3 is 14.6 Å². The van der Waals surface area contributed by atoms with Crippen molar-refractivity contribution in [3.8, 4) is 5.75 Å². The lowest BCUT2D eigenvalue weighted by Gasteiger charge is -2.28. The number of fused-ring (bicyclic) bond motifs is 1. The number of aromatic nitrogens is 1. The van der Waals surface area contributed by atoms with Crippen molar-refractivity contribution in [2.45, 2.75) is 44.9 Å². The highest BCUT2D eigenvalue weighted by Crippen LogP contribution is 2.36. The van der Waals surface area contributed by atoms with E-state index >= 15 is 0 Å². The first kappa shape index (κ1) is 19.6. The van der Waals surface area contributed by atoms with E-state index in [2.05, 4.69) is 48.4 Å². The molecule has 1 atom stereocenters. The van der Waals surface area contributed by atoms with Crippen LogP contribution in [0.3, 0.4) is 0 Å². The smallest absolute Gasteiger partial charge is 0.223 e. The van der Waals surface area contributed by atoms with Gasteiger partial charge >= 0.3 is 0 Å². The Morgan fingerprint density at radius 3 is 2.55 bits per heavy atom. The number of carbonyl (C=O) groups is 1. The third-order valence-corrected chi connectivity index (χ3v) is 6.20. The summed E-state index contributed by atoms with van der Waals surface area (Å²) in [6.07, 6.45) is 7.04. The molecule has 1 aliphatic heterocycles. The summed E-state index contributed by atoms with van der Waals surface area (Å²) in [5.41, 5.74) is 4.85. The van der Waals surface area contributed by atoms with Crippen molar-refractivity contribution in [1.82, 2.24) is 9.88 Å². The maximum absolute atomic E-state index is 13.2. The zero-order valence-electron chi connectivity index (χ0n) is 17.4. The van der Waals surface area contributed by atoms with Crippen molar-refractivity contribution in [2.75, 3.05) is 20.2 Å². The molecule has 0 aliphatic carbocycles. The second-order valence-corrected chi connectivity index (χ2v) is 7.91. The number of benzene rings is 2. The summed E-state index contributed by atoms with van der Waals surface area (Å²) in [6, 6.07) is 14.6. The van der Waals surface area contributed by atoms with Crippen LogP contribution in [0.15, 0.2) is 48.7 Å². The number of carbonyl (C=O) groups excluding carboxylic acids is 1. The van der Waals surface area contributed by atoms with Crippen LogP contribution in [0.4, 0.5) is 0 Å². The van der Waals surface area contributed by atoms with E-state index < -0.39 is 0 Å². The van der Waals surface area contributed by atoms with Gasteiger partial charge in [-0.25, -0.2) is 0 Å². The molecule has 2 aromatic carbocycles. The Morgan fingerprint density at radius 2 is 1.86 bits per heavy atom. The highest BCUT2D eigenvalue weighted by molar-refractivity contribution is 5.88. The van der Waals surface area contributed by atoms with Gasteiger partial charge in [0.15, 0.2) is 0 Å². The van der Waals surface area contributed by atoms with Crippen LogP contribution in [-0.4, -0.2) is 36.0 Å². The second-order valence-electron chi connectivity index (χ2n) is 7.91. The molecule has 1 aromatic heterocycles. The average Bonchev–Trinajstić information content (AvgIpc) is 3.22. The largest absolute Gasteiger partial charge is 0.497 e. The molecule has 2 heterocycles. The topological polar surface area (TPSA) is 45.3 Å². The first-order chi connectivity index (χ1) is 14.2. The van der Waals surface area contributed by atoms with Crippen molar-refractivity contribution >= 4 is 16.8 Å². The fraction of sp³-hybridized carbons (Fsp3) is 0.400. The van der Waals surface area contributed by atoms with Gasteiger partial charge in [-0.2, -0.15) is 0 Å². The van der Waals surface area contributed by atoms with E-state index in [0.717, 1.165) is 43.7 Å². The number of likely N-dealkylation sites (tertiary alicyclic amines) is 1. The van der Waals surface area contributed by atoms with E-state index in [-0.39, 0.29) is 11.8 Å². The minimum atomic E-state index is 0.0242. The van der Waals surface area contributed by atoms with Gasteiger partial charge in [-0.1, -0.05) is 37.3 Å². The maximum atomic E-state index is 13.2. The van der Waals surface area contributed by atoms with E-state index in [9.17, 15) is 4.79 Å². The van der Waals surface area contributed by atoms with Gasteiger partial charge in [0.1, 0.15) is 5.75 Å². The van der Waals surface area contributed by atoms with Gasteiger partial charge in [0.2, 0.25) is 5.91 Å². The number of ether oxygens (including phenoxy) is 1. The average molecular weight is 391 g/mol. The number of aryl methyl sites for hydroxylation is 1. The van der Waals surface area contributed by atoms with Crippen LogP contribution in [0.5, 0.6) is 5.75 Å². The summed E-state index contributed by atoms with van der Waals surface area (Å²) in [6.45, 7) is 3.96. The van der Waals surface area contributed by atoms with E-state index in [0.29, 0.717) is 6.42 Å². The molecule has 1 amide bonds. The van der Waals surface area contributed by atoms with Gasteiger partial charge in [-0.3, -0.25) is 4.79 Å². The standard InChI is InChI=1S/C25H30N2O2/c1-3-18-8-7-9-21-23(17-26-25(18)21)22(19-10-12-20(29-2)13-11-19)16-24(28)27-14-5-4-6-15-27/h7-13,17,22,26H,3-6,14-16H2,1-2H3. The number of H-pyrrole nitrogens is 1. The molecule has 0 saturated carbocycles. The van der Waals surface area contributed by atoms with Gasteiger partial charge in [0, 0.05) is 42.5 Å². The molecule has 4 heteroatoms. The number of hydrogen-bond acceptors (Lipinski definition) is 2. The first-order valence-electron chi connectivity index (χ1n) is 10.7. The van der Waals surface area contributed by atoms with Gasteiger partial charge in [-0.15, -0.1) is 0 Å². The summed E-state index contributed by atoms with van der Waals surface area (Å²) in [7, 11) is 1.68. The number of nitrogens with zero attached hydrogens (tertiary/aromatic N) is 1. The van der Waals surface area contributed by atoms with Gasteiger partial charge in [0.25, 0.3) is 0 Å². The molecule has 0 bridgehead atoms. The summed E-state index contributed by atoms with van der Waals surface area (Å²) >= 11 is 0. The Bertz CT molecular complexity index is 968. The summed E-state index contributed by atoms with van der Waals surface area (Å²) in [4.78, 5) is 18.7. The van der Waals surface area contributed by atoms with Crippen molar-refractivity contribution in [1.29, 1.82) is 0 Å². The molecule has 4 rings (SSSR count). The van der Waals surface area contributed by atoms with Crippen LogP contribution in [0, 0.1) is 0 Å². The minimum absolute atomic E-state index is 0.0242.